The van der Waals surface area contributed by atoms with Crippen LogP contribution in [0.3, 0.4) is 0 Å². The molecule has 0 spiro atoms. The van der Waals surface area contributed by atoms with Gasteiger partial charge < -0.3 is 10.4 Å². The Morgan fingerprint density at radius 3 is 2.69 bits per heavy atom. The lowest BCUT2D eigenvalue weighted by Gasteiger charge is -2.27. The molecule has 5 nitrogen and oxygen atoms in total. The SMILES string of the molecule is O=C(O)C1(CC2CCS(=O)(=O)C2)CCCN1. The van der Waals surface area contributed by atoms with Gasteiger partial charge in [-0.2, -0.15) is 0 Å². The lowest BCUT2D eigenvalue weighted by molar-refractivity contribution is -0.145. The lowest BCUT2D eigenvalue weighted by atomic mass is 9.86. The molecule has 2 atom stereocenters. The van der Waals surface area contributed by atoms with Crippen LogP contribution in [0.2, 0.25) is 0 Å². The Morgan fingerprint density at radius 2 is 2.25 bits per heavy atom. The first-order valence-electron chi connectivity index (χ1n) is 5.62. The van der Waals surface area contributed by atoms with Crippen molar-refractivity contribution in [1.82, 2.24) is 5.32 Å². The molecule has 2 unspecified atom stereocenters. The molecule has 0 aromatic rings. The molecule has 0 amide bonds. The zero-order chi connectivity index (χ0) is 11.8. The van der Waals surface area contributed by atoms with Gasteiger partial charge in [-0.1, -0.05) is 0 Å². The predicted molar refractivity (Wildman–Crippen MR) is 59.0 cm³/mol. The molecule has 0 aliphatic carbocycles. The average Bonchev–Trinajstić information content (AvgIpc) is 2.74. The fraction of sp³-hybridized carbons (Fsp3) is 0.900. The van der Waals surface area contributed by atoms with Crippen molar-refractivity contribution in [2.75, 3.05) is 18.1 Å². The minimum absolute atomic E-state index is 0.00620. The molecule has 0 saturated carbocycles. The van der Waals surface area contributed by atoms with E-state index in [2.05, 4.69) is 5.32 Å². The molecule has 0 bridgehead atoms. The van der Waals surface area contributed by atoms with E-state index in [0.717, 1.165) is 6.42 Å². The number of carbonyl (C=O) groups is 1. The highest BCUT2D eigenvalue weighted by Crippen LogP contribution is 2.32. The zero-order valence-electron chi connectivity index (χ0n) is 9.11. The molecule has 2 aliphatic rings. The summed E-state index contributed by atoms with van der Waals surface area (Å²) in [7, 11) is -2.91. The van der Waals surface area contributed by atoms with Crippen LogP contribution in [0, 0.1) is 5.92 Å². The van der Waals surface area contributed by atoms with Crippen LogP contribution < -0.4 is 5.32 Å². The monoisotopic (exact) mass is 247 g/mol. The van der Waals surface area contributed by atoms with E-state index in [1.54, 1.807) is 0 Å². The van der Waals surface area contributed by atoms with Crippen molar-refractivity contribution in [3.05, 3.63) is 0 Å². The quantitative estimate of drug-likeness (QED) is 0.734. The second-order valence-electron chi connectivity index (χ2n) is 4.89. The Hall–Kier alpha value is -0.620. The number of aliphatic carboxylic acids is 1. The summed E-state index contributed by atoms with van der Waals surface area (Å²) in [6, 6.07) is 0. The van der Waals surface area contributed by atoms with Gasteiger partial charge in [-0.25, -0.2) is 8.42 Å². The van der Waals surface area contributed by atoms with Gasteiger partial charge in [-0.3, -0.25) is 4.79 Å². The van der Waals surface area contributed by atoms with Crippen LogP contribution >= 0.6 is 0 Å². The molecule has 2 saturated heterocycles. The number of nitrogens with one attached hydrogen (secondary N) is 1. The molecule has 2 N–H and O–H groups in total. The smallest absolute Gasteiger partial charge is 0.323 e. The highest BCUT2D eigenvalue weighted by atomic mass is 32.2. The van der Waals surface area contributed by atoms with Crippen molar-refractivity contribution in [1.29, 1.82) is 0 Å². The van der Waals surface area contributed by atoms with E-state index in [1.807, 2.05) is 0 Å². The van der Waals surface area contributed by atoms with Crippen molar-refractivity contribution in [2.45, 2.75) is 31.2 Å². The van der Waals surface area contributed by atoms with Crippen LogP contribution in [-0.4, -0.2) is 43.1 Å². The molecule has 92 valence electrons. The van der Waals surface area contributed by atoms with E-state index in [4.69, 9.17) is 0 Å². The molecule has 0 aromatic heterocycles. The number of carboxylic acids is 1. The van der Waals surface area contributed by atoms with Crippen molar-refractivity contribution in [3.63, 3.8) is 0 Å². The summed E-state index contributed by atoms with van der Waals surface area (Å²) in [6.07, 6.45) is 2.52. The maximum absolute atomic E-state index is 11.3. The molecule has 2 rings (SSSR count). The molecule has 6 heteroatoms. The summed E-state index contributed by atoms with van der Waals surface area (Å²) in [5.74, 6) is -0.460. The highest BCUT2D eigenvalue weighted by molar-refractivity contribution is 7.91. The number of rotatable bonds is 3. The van der Waals surface area contributed by atoms with Crippen molar-refractivity contribution in [3.8, 4) is 0 Å². The second kappa shape index (κ2) is 4.00. The summed E-state index contributed by atoms with van der Waals surface area (Å²) in [4.78, 5) is 11.3. The van der Waals surface area contributed by atoms with Gasteiger partial charge in [0.2, 0.25) is 0 Å². The predicted octanol–water partition coefficient (Wildman–Crippen LogP) is 0.0180. The molecular weight excluding hydrogens is 230 g/mol. The summed E-state index contributed by atoms with van der Waals surface area (Å²) >= 11 is 0. The van der Waals surface area contributed by atoms with Gasteiger partial charge in [0.25, 0.3) is 0 Å². The number of sulfone groups is 1. The minimum atomic E-state index is -2.91. The molecule has 2 aliphatic heterocycles. The second-order valence-corrected chi connectivity index (χ2v) is 7.12. The third-order valence-corrected chi connectivity index (χ3v) is 5.45. The first-order valence-corrected chi connectivity index (χ1v) is 7.45. The van der Waals surface area contributed by atoms with Crippen molar-refractivity contribution >= 4 is 15.8 Å². The van der Waals surface area contributed by atoms with Crippen LogP contribution in [0.5, 0.6) is 0 Å². The normalized spacial score (nSPS) is 37.6. The Kier molecular flexibility index (Phi) is 2.96. The lowest BCUT2D eigenvalue weighted by Crippen LogP contribution is -2.49. The van der Waals surface area contributed by atoms with Crippen molar-refractivity contribution < 1.29 is 18.3 Å². The van der Waals surface area contributed by atoms with Gasteiger partial charge in [0, 0.05) is 0 Å². The van der Waals surface area contributed by atoms with Gasteiger partial charge in [0.05, 0.1) is 11.5 Å². The van der Waals surface area contributed by atoms with E-state index >= 15 is 0 Å². The van der Waals surface area contributed by atoms with E-state index in [0.29, 0.717) is 25.8 Å². The number of hydrogen-bond donors (Lipinski definition) is 2. The Balaban J connectivity index is 2.05. The summed E-state index contributed by atoms with van der Waals surface area (Å²) in [6.45, 7) is 0.714. The summed E-state index contributed by atoms with van der Waals surface area (Å²) in [5.41, 5.74) is -0.871. The fourth-order valence-electron chi connectivity index (χ4n) is 2.78. The zero-order valence-corrected chi connectivity index (χ0v) is 9.92. The Labute approximate surface area is 95.1 Å². The maximum atomic E-state index is 11.3. The third-order valence-electron chi connectivity index (χ3n) is 3.62. The van der Waals surface area contributed by atoms with E-state index in [9.17, 15) is 18.3 Å². The maximum Gasteiger partial charge on any atom is 0.323 e. The average molecular weight is 247 g/mol. The van der Waals surface area contributed by atoms with Crippen LogP contribution in [-0.2, 0) is 14.6 Å². The Bertz CT molecular complexity index is 384. The minimum Gasteiger partial charge on any atom is -0.480 e. The van der Waals surface area contributed by atoms with Crippen LogP contribution in [0.15, 0.2) is 0 Å². The fourth-order valence-corrected chi connectivity index (χ4v) is 4.64. The van der Waals surface area contributed by atoms with Crippen LogP contribution in [0.25, 0.3) is 0 Å². The van der Waals surface area contributed by atoms with Gasteiger partial charge in [0.15, 0.2) is 9.84 Å². The van der Waals surface area contributed by atoms with Crippen LogP contribution in [0.4, 0.5) is 0 Å². The van der Waals surface area contributed by atoms with Gasteiger partial charge in [-0.05, 0) is 38.1 Å². The van der Waals surface area contributed by atoms with E-state index in [-0.39, 0.29) is 17.4 Å². The summed E-state index contributed by atoms with van der Waals surface area (Å²) < 4.78 is 22.6. The molecule has 16 heavy (non-hydrogen) atoms. The van der Waals surface area contributed by atoms with Crippen LogP contribution in [0.1, 0.15) is 25.7 Å². The third kappa shape index (κ3) is 2.22. The standard InChI is InChI=1S/C10H17NO4S/c12-9(13)10(3-1-4-11-10)6-8-2-5-16(14,15)7-8/h8,11H,1-7H2,(H,12,13). The molecule has 2 heterocycles. The van der Waals surface area contributed by atoms with Gasteiger partial charge in [-0.15, -0.1) is 0 Å². The Morgan fingerprint density at radius 1 is 1.50 bits per heavy atom. The first-order chi connectivity index (χ1) is 7.44. The largest absolute Gasteiger partial charge is 0.480 e. The topological polar surface area (TPSA) is 83.5 Å². The first kappa shape index (κ1) is 11.9. The van der Waals surface area contributed by atoms with E-state index < -0.39 is 21.3 Å². The molecule has 2 fully saturated rings. The van der Waals surface area contributed by atoms with E-state index in [1.165, 1.54) is 0 Å². The number of carboxylic acid groups (broad SMARTS) is 1. The summed E-state index contributed by atoms with van der Waals surface area (Å²) in [5, 5.41) is 12.3. The molecular formula is C10H17NO4S. The molecule has 0 radical (unpaired) electrons. The van der Waals surface area contributed by atoms with Crippen molar-refractivity contribution in [2.24, 2.45) is 5.92 Å². The van der Waals surface area contributed by atoms with Gasteiger partial charge >= 0.3 is 5.97 Å². The van der Waals surface area contributed by atoms with Gasteiger partial charge in [0.1, 0.15) is 5.54 Å². The number of hydrogen-bond acceptors (Lipinski definition) is 4. The highest BCUT2D eigenvalue weighted by Gasteiger charge is 2.44. The molecule has 0 aromatic carbocycles.